The normalized spacial score (nSPS) is 14.5. The molecule has 0 aromatic carbocycles. The summed E-state index contributed by atoms with van der Waals surface area (Å²) in [5.74, 6) is -2.47. The number of hydrogen-bond acceptors (Lipinski definition) is 9. The fourth-order valence-corrected chi connectivity index (χ4v) is 6.40. The number of nitrogens with two attached hydrogens (primary N) is 1. The van der Waals surface area contributed by atoms with Crippen molar-refractivity contribution in [1.29, 1.82) is 0 Å². The largest absolute Gasteiger partial charge is 0.480 e. The monoisotopic (exact) mass is 888 g/mol. The van der Waals surface area contributed by atoms with E-state index >= 15 is 0 Å². The lowest BCUT2D eigenvalue weighted by molar-refractivity contribution is -0.161. The van der Waals surface area contributed by atoms with Crippen molar-refractivity contribution in [2.24, 2.45) is 5.73 Å². The molecule has 0 bridgehead atoms. The first-order chi connectivity index (χ1) is 30.1. The van der Waals surface area contributed by atoms with Gasteiger partial charge in [0, 0.05) is 12.8 Å². The van der Waals surface area contributed by atoms with Gasteiger partial charge in [0.1, 0.15) is 12.6 Å². The minimum Gasteiger partial charge on any atom is -0.480 e. The molecule has 0 fully saturated rings. The summed E-state index contributed by atoms with van der Waals surface area (Å²) in [5.41, 5.74) is 5.34. The van der Waals surface area contributed by atoms with E-state index in [0.717, 1.165) is 77.0 Å². The van der Waals surface area contributed by atoms with Gasteiger partial charge in [-0.25, -0.2) is 4.57 Å². The highest BCUT2D eigenvalue weighted by molar-refractivity contribution is 7.47. The molecule has 0 aliphatic rings. The number of aliphatic carboxylic acids is 1. The Kier molecular flexibility index (Phi) is 41.5. The molecule has 12 heteroatoms. The first-order valence-electron chi connectivity index (χ1n) is 23.3. The van der Waals surface area contributed by atoms with Gasteiger partial charge in [-0.2, -0.15) is 0 Å². The molecule has 0 aliphatic heterocycles. The van der Waals surface area contributed by atoms with Crippen LogP contribution in [0.5, 0.6) is 0 Å². The molecule has 0 spiro atoms. The number of carbonyl (C=O) groups excluding carboxylic acids is 2. The summed E-state index contributed by atoms with van der Waals surface area (Å²) in [5, 5.41) is 8.90. The zero-order chi connectivity index (χ0) is 45.6. The van der Waals surface area contributed by atoms with E-state index in [0.29, 0.717) is 12.8 Å². The van der Waals surface area contributed by atoms with Crippen LogP contribution in [0.15, 0.2) is 97.2 Å². The molecule has 4 N–H and O–H groups in total. The Morgan fingerprint density at radius 2 is 0.855 bits per heavy atom. The van der Waals surface area contributed by atoms with Gasteiger partial charge in [-0.1, -0.05) is 150 Å². The Bertz CT molecular complexity index is 1410. The number of unbranched alkanes of at least 4 members (excludes halogenated alkanes) is 12. The van der Waals surface area contributed by atoms with E-state index in [1.165, 1.54) is 51.4 Å². The molecule has 0 aromatic heterocycles. The molecule has 352 valence electrons. The molecule has 0 amide bonds. The third-order valence-electron chi connectivity index (χ3n) is 9.30. The fourth-order valence-electron chi connectivity index (χ4n) is 5.62. The molecule has 0 saturated carbocycles. The summed E-state index contributed by atoms with van der Waals surface area (Å²) >= 11 is 0. The number of phosphoric ester groups is 1. The molecule has 0 rings (SSSR count). The lowest BCUT2D eigenvalue weighted by Gasteiger charge is -2.20. The molecule has 11 nitrogen and oxygen atoms in total. The SMILES string of the molecule is CCCCC/C=C\C/C=C\C/C=C\C/C=C\CCCCCC(=O)OC[C@H](COP(=O)(O)OC[C@H](N)C(=O)O)OC(=O)CCCCC/C=C\C/C=C\C/C=C\C/C=C\CCCCC. The topological polar surface area (TPSA) is 172 Å². The standard InChI is InChI=1S/C50H82NO10P/c1-3-5-7-9-11-13-15-17-19-21-23-25-27-29-31-33-35-37-39-41-48(52)58-43-46(44-59-62(56,57)60-45-47(51)50(54)55)61-49(53)42-40-38-36-34-32-30-28-26-24-22-20-18-16-14-12-10-8-6-4-2/h11-14,17-20,23-26,29-32,46-47H,3-10,15-16,21-22,27-28,33-45,51H2,1-2H3,(H,54,55)(H,56,57)/b13-11-,14-12-,19-17-,20-18-,25-23-,26-24-,31-29-,32-30-/t46-,47+/m1/s1. The molecule has 0 heterocycles. The summed E-state index contributed by atoms with van der Waals surface area (Å²) in [4.78, 5) is 46.1. The van der Waals surface area contributed by atoms with E-state index in [-0.39, 0.29) is 19.4 Å². The van der Waals surface area contributed by atoms with Crippen molar-refractivity contribution in [2.45, 2.75) is 180 Å². The Hall–Kier alpha value is -3.60. The molecule has 0 aliphatic carbocycles. The van der Waals surface area contributed by atoms with Gasteiger partial charge < -0.3 is 25.2 Å². The zero-order valence-corrected chi connectivity index (χ0v) is 39.1. The molecule has 3 atom stereocenters. The maximum Gasteiger partial charge on any atom is 0.472 e. The summed E-state index contributed by atoms with van der Waals surface area (Å²) in [6, 6.07) is -1.54. The van der Waals surface area contributed by atoms with Crippen LogP contribution in [0, 0.1) is 0 Å². The van der Waals surface area contributed by atoms with Crippen LogP contribution in [0.4, 0.5) is 0 Å². The predicted molar refractivity (Wildman–Crippen MR) is 253 cm³/mol. The molecule has 0 radical (unpaired) electrons. The second-order valence-corrected chi connectivity index (χ2v) is 16.6. The van der Waals surface area contributed by atoms with Gasteiger partial charge in [0.25, 0.3) is 0 Å². The van der Waals surface area contributed by atoms with Gasteiger partial charge in [-0.15, -0.1) is 0 Å². The summed E-state index contributed by atoms with van der Waals surface area (Å²) in [6.45, 7) is 2.67. The van der Waals surface area contributed by atoms with Crippen LogP contribution in [-0.4, -0.2) is 59.9 Å². The first-order valence-corrected chi connectivity index (χ1v) is 24.8. The fraction of sp³-hybridized carbons (Fsp3) is 0.620. The van der Waals surface area contributed by atoms with E-state index in [4.69, 9.17) is 24.8 Å². The molecule has 1 unspecified atom stereocenters. The van der Waals surface area contributed by atoms with Crippen molar-refractivity contribution in [1.82, 2.24) is 0 Å². The Balaban J connectivity index is 4.48. The second kappa shape index (κ2) is 44.0. The van der Waals surface area contributed by atoms with Crippen molar-refractivity contribution in [3.05, 3.63) is 97.2 Å². The van der Waals surface area contributed by atoms with Crippen LogP contribution in [0.1, 0.15) is 168 Å². The number of ether oxygens (including phenoxy) is 2. The van der Waals surface area contributed by atoms with Gasteiger partial charge >= 0.3 is 25.7 Å². The van der Waals surface area contributed by atoms with E-state index in [9.17, 15) is 23.8 Å². The highest BCUT2D eigenvalue weighted by atomic mass is 31.2. The average Bonchev–Trinajstić information content (AvgIpc) is 3.25. The number of esters is 2. The number of hydrogen-bond donors (Lipinski definition) is 3. The van der Waals surface area contributed by atoms with Gasteiger partial charge in [0.15, 0.2) is 6.10 Å². The molecule has 0 saturated heterocycles. The zero-order valence-electron chi connectivity index (χ0n) is 38.2. The maximum absolute atomic E-state index is 12.6. The van der Waals surface area contributed by atoms with Crippen LogP contribution in [0.25, 0.3) is 0 Å². The number of phosphoric acid groups is 1. The first kappa shape index (κ1) is 58.4. The van der Waals surface area contributed by atoms with E-state index in [1.54, 1.807) is 0 Å². The van der Waals surface area contributed by atoms with Crippen LogP contribution >= 0.6 is 7.82 Å². The highest BCUT2D eigenvalue weighted by Crippen LogP contribution is 2.43. The molecule has 62 heavy (non-hydrogen) atoms. The van der Waals surface area contributed by atoms with Gasteiger partial charge in [0.2, 0.25) is 0 Å². The van der Waals surface area contributed by atoms with Crippen molar-refractivity contribution in [3.63, 3.8) is 0 Å². The van der Waals surface area contributed by atoms with Crippen molar-refractivity contribution < 1.29 is 47.5 Å². The van der Waals surface area contributed by atoms with E-state index in [1.807, 2.05) is 0 Å². The van der Waals surface area contributed by atoms with E-state index < -0.39 is 51.1 Å². The van der Waals surface area contributed by atoms with Crippen LogP contribution in [0.3, 0.4) is 0 Å². The number of carbonyl (C=O) groups is 3. The Morgan fingerprint density at radius 1 is 0.500 bits per heavy atom. The highest BCUT2D eigenvalue weighted by Gasteiger charge is 2.28. The van der Waals surface area contributed by atoms with Crippen molar-refractivity contribution in [3.8, 4) is 0 Å². The van der Waals surface area contributed by atoms with Crippen molar-refractivity contribution >= 4 is 25.7 Å². The van der Waals surface area contributed by atoms with E-state index in [2.05, 4.69) is 116 Å². The molecule has 0 aromatic rings. The van der Waals surface area contributed by atoms with Crippen LogP contribution in [0.2, 0.25) is 0 Å². The van der Waals surface area contributed by atoms with Gasteiger partial charge in [-0.3, -0.25) is 23.4 Å². The van der Waals surface area contributed by atoms with Crippen LogP contribution < -0.4 is 5.73 Å². The number of rotatable bonds is 42. The lowest BCUT2D eigenvalue weighted by Crippen LogP contribution is -2.34. The van der Waals surface area contributed by atoms with Gasteiger partial charge in [-0.05, 0) is 103 Å². The predicted octanol–water partition coefficient (Wildman–Crippen LogP) is 12.8. The number of carboxylic acid groups (broad SMARTS) is 1. The number of carboxylic acids is 1. The third kappa shape index (κ3) is 43.1. The average molecular weight is 888 g/mol. The second-order valence-electron chi connectivity index (χ2n) is 15.2. The summed E-state index contributed by atoms with van der Waals surface area (Å²) < 4.78 is 32.7. The van der Waals surface area contributed by atoms with Gasteiger partial charge in [0.05, 0.1) is 13.2 Å². The minimum atomic E-state index is -4.74. The molecular formula is C50H82NO10P. The quantitative estimate of drug-likeness (QED) is 0.0230. The minimum absolute atomic E-state index is 0.110. The Morgan fingerprint density at radius 3 is 1.24 bits per heavy atom. The smallest absolute Gasteiger partial charge is 0.472 e. The Labute approximate surface area is 375 Å². The summed E-state index contributed by atoms with van der Waals surface area (Å²) in [6.07, 6.45) is 56.1. The third-order valence-corrected chi connectivity index (χ3v) is 10.3. The maximum atomic E-state index is 12.6. The summed E-state index contributed by atoms with van der Waals surface area (Å²) in [7, 11) is -4.74. The van der Waals surface area contributed by atoms with Crippen molar-refractivity contribution in [2.75, 3.05) is 19.8 Å². The lowest BCUT2D eigenvalue weighted by atomic mass is 10.1. The van der Waals surface area contributed by atoms with Crippen LogP contribution in [-0.2, 0) is 37.5 Å². The number of allylic oxidation sites excluding steroid dienone is 16. The molecular weight excluding hydrogens is 806 g/mol.